The van der Waals surface area contributed by atoms with E-state index in [1.807, 2.05) is 0 Å². The quantitative estimate of drug-likeness (QED) is 0.294. The first kappa shape index (κ1) is 23.4. The maximum absolute atomic E-state index is 10.3. The molecule has 1 fully saturated rings. The Bertz CT molecular complexity index is 264. The van der Waals surface area contributed by atoms with E-state index < -0.39 is 5.97 Å². The molecule has 24 heavy (non-hydrogen) atoms. The molecule has 0 aliphatic carbocycles. The molecule has 0 aromatic rings. The fourth-order valence-electron chi connectivity index (χ4n) is 2.67. The Balaban J connectivity index is 0.00000157. The molecule has 0 saturated carbocycles. The minimum atomic E-state index is -0.678. The topological polar surface area (TPSA) is 70.1 Å². The molecule has 4 nitrogen and oxygen atoms in total. The predicted octanol–water partition coefficient (Wildman–Crippen LogP) is 5.32. The van der Waals surface area contributed by atoms with Gasteiger partial charge in [0.15, 0.2) is 0 Å². The number of epoxide rings is 1. The predicted molar refractivity (Wildman–Crippen MR) is 99.4 cm³/mol. The zero-order valence-electron chi connectivity index (χ0n) is 15.8. The number of carboxylic acid groups (broad SMARTS) is 1. The van der Waals surface area contributed by atoms with E-state index in [-0.39, 0.29) is 6.10 Å². The van der Waals surface area contributed by atoms with Crippen molar-refractivity contribution in [1.29, 1.82) is 0 Å². The van der Waals surface area contributed by atoms with Crippen molar-refractivity contribution in [3.63, 3.8) is 0 Å². The van der Waals surface area contributed by atoms with Gasteiger partial charge in [0, 0.05) is 6.42 Å². The highest BCUT2D eigenvalue weighted by atomic mass is 16.6. The summed E-state index contributed by atoms with van der Waals surface area (Å²) in [6, 6.07) is 0. The van der Waals surface area contributed by atoms with Crippen LogP contribution in [0.3, 0.4) is 0 Å². The van der Waals surface area contributed by atoms with Gasteiger partial charge in [-0.2, -0.15) is 0 Å². The van der Waals surface area contributed by atoms with Crippen LogP contribution in [0.1, 0.15) is 103 Å². The molecule has 1 aliphatic rings. The van der Waals surface area contributed by atoms with Gasteiger partial charge in [-0.3, -0.25) is 4.79 Å². The molecule has 0 aromatic carbocycles. The molecule has 1 saturated heterocycles. The maximum atomic E-state index is 10.3. The number of hydrogen-bond donors (Lipinski definition) is 2. The number of aliphatic carboxylic acids is 1. The Morgan fingerprint density at radius 3 is 1.67 bits per heavy atom. The molecule has 0 amide bonds. The second-order valence-electron chi connectivity index (χ2n) is 6.88. The number of carbonyl (C=O) groups is 1. The van der Waals surface area contributed by atoms with Crippen LogP contribution in [0.4, 0.5) is 0 Å². The Hall–Kier alpha value is -0.610. The summed E-state index contributed by atoms with van der Waals surface area (Å²) in [5.74, 6) is -0.678. The van der Waals surface area contributed by atoms with Crippen LogP contribution in [0.25, 0.3) is 0 Å². The van der Waals surface area contributed by atoms with Gasteiger partial charge in [0.25, 0.3) is 0 Å². The van der Waals surface area contributed by atoms with Gasteiger partial charge in [0.1, 0.15) is 0 Å². The van der Waals surface area contributed by atoms with E-state index in [1.165, 1.54) is 51.4 Å². The smallest absolute Gasteiger partial charge is 0.303 e. The SMILES string of the molecule is C1CO1.CCCCCCC(O)CCCCCCCCCCC(=O)O. The zero-order chi connectivity index (χ0) is 17.9. The summed E-state index contributed by atoms with van der Waals surface area (Å²) >= 11 is 0. The molecule has 1 unspecified atom stereocenters. The van der Waals surface area contributed by atoms with E-state index in [2.05, 4.69) is 11.7 Å². The molecule has 4 heteroatoms. The molecular weight excluding hydrogens is 304 g/mol. The molecule has 0 bridgehead atoms. The van der Waals surface area contributed by atoms with Crippen molar-refractivity contribution in [2.75, 3.05) is 13.2 Å². The summed E-state index contributed by atoms with van der Waals surface area (Å²) < 4.78 is 4.50. The molecule has 0 spiro atoms. The van der Waals surface area contributed by atoms with Gasteiger partial charge >= 0.3 is 5.97 Å². The lowest BCUT2D eigenvalue weighted by molar-refractivity contribution is -0.137. The Morgan fingerprint density at radius 2 is 1.25 bits per heavy atom. The van der Waals surface area contributed by atoms with Crippen molar-refractivity contribution < 1.29 is 19.7 Å². The molecule has 1 rings (SSSR count). The Kier molecular flexibility index (Phi) is 18.2. The van der Waals surface area contributed by atoms with E-state index in [0.29, 0.717) is 6.42 Å². The monoisotopic (exact) mass is 344 g/mol. The largest absolute Gasteiger partial charge is 0.481 e. The van der Waals surface area contributed by atoms with Gasteiger partial charge in [0.05, 0.1) is 19.3 Å². The third-order valence-electron chi connectivity index (χ3n) is 4.27. The number of aliphatic hydroxyl groups is 1. The zero-order valence-corrected chi connectivity index (χ0v) is 15.8. The average Bonchev–Trinajstić information content (AvgIpc) is 3.42. The van der Waals surface area contributed by atoms with Gasteiger partial charge in [0.2, 0.25) is 0 Å². The van der Waals surface area contributed by atoms with Crippen molar-refractivity contribution >= 4 is 5.97 Å². The Morgan fingerprint density at radius 1 is 0.833 bits per heavy atom. The minimum Gasteiger partial charge on any atom is -0.481 e. The Labute approximate surface area is 149 Å². The van der Waals surface area contributed by atoms with Crippen LogP contribution < -0.4 is 0 Å². The highest BCUT2D eigenvalue weighted by molar-refractivity contribution is 5.66. The third kappa shape index (κ3) is 23.7. The highest BCUT2D eigenvalue weighted by Crippen LogP contribution is 2.14. The molecule has 1 aliphatic heterocycles. The van der Waals surface area contributed by atoms with Crippen LogP contribution in [-0.4, -0.2) is 35.5 Å². The van der Waals surface area contributed by atoms with E-state index >= 15 is 0 Å². The van der Waals surface area contributed by atoms with Crippen LogP contribution in [0, 0.1) is 0 Å². The summed E-state index contributed by atoms with van der Waals surface area (Å²) in [7, 11) is 0. The standard InChI is InChI=1S/C18H36O3.C2H4O/c1-2-3-4-11-14-17(19)15-12-9-7-5-6-8-10-13-16-18(20)21;1-2-3-1/h17,19H,2-16H2,1H3,(H,20,21);1-2H2. The van der Waals surface area contributed by atoms with Crippen molar-refractivity contribution in [2.24, 2.45) is 0 Å². The number of unbranched alkanes of at least 4 members (excludes halogenated alkanes) is 10. The molecule has 1 atom stereocenters. The number of aliphatic hydroxyl groups excluding tert-OH is 1. The first-order chi connectivity index (χ1) is 11.7. The van der Waals surface area contributed by atoms with Crippen LogP contribution in [0.5, 0.6) is 0 Å². The van der Waals surface area contributed by atoms with Crippen LogP contribution in [-0.2, 0) is 9.53 Å². The van der Waals surface area contributed by atoms with Gasteiger partial charge in [-0.15, -0.1) is 0 Å². The second-order valence-corrected chi connectivity index (χ2v) is 6.88. The molecule has 2 N–H and O–H groups in total. The van der Waals surface area contributed by atoms with E-state index in [0.717, 1.165) is 51.7 Å². The third-order valence-corrected chi connectivity index (χ3v) is 4.27. The fourth-order valence-corrected chi connectivity index (χ4v) is 2.67. The van der Waals surface area contributed by atoms with Crippen molar-refractivity contribution in [1.82, 2.24) is 0 Å². The molecule has 144 valence electrons. The summed E-state index contributed by atoms with van der Waals surface area (Å²) in [5, 5.41) is 18.4. The molecular formula is C20H40O4. The number of carboxylic acids is 1. The van der Waals surface area contributed by atoms with Gasteiger partial charge in [-0.1, -0.05) is 77.6 Å². The summed E-state index contributed by atoms with van der Waals surface area (Å²) in [6.07, 6.45) is 16.3. The fraction of sp³-hybridized carbons (Fsp3) is 0.950. The van der Waals surface area contributed by atoms with Crippen LogP contribution in [0.2, 0.25) is 0 Å². The van der Waals surface area contributed by atoms with Crippen molar-refractivity contribution in [3.05, 3.63) is 0 Å². The van der Waals surface area contributed by atoms with Gasteiger partial charge in [-0.05, 0) is 19.3 Å². The normalized spacial score (nSPS) is 13.9. The van der Waals surface area contributed by atoms with E-state index in [1.54, 1.807) is 0 Å². The molecule has 1 heterocycles. The van der Waals surface area contributed by atoms with Gasteiger partial charge < -0.3 is 14.9 Å². The first-order valence-electron chi connectivity index (χ1n) is 10.1. The summed E-state index contributed by atoms with van der Waals surface area (Å²) in [4.78, 5) is 10.3. The van der Waals surface area contributed by atoms with Crippen molar-refractivity contribution in [2.45, 2.75) is 109 Å². The number of rotatable bonds is 16. The van der Waals surface area contributed by atoms with Crippen molar-refractivity contribution in [3.8, 4) is 0 Å². The lowest BCUT2D eigenvalue weighted by Gasteiger charge is -2.10. The first-order valence-corrected chi connectivity index (χ1v) is 10.1. The lowest BCUT2D eigenvalue weighted by atomic mass is 10.0. The van der Waals surface area contributed by atoms with E-state index in [4.69, 9.17) is 5.11 Å². The number of ether oxygens (including phenoxy) is 1. The number of hydrogen-bond acceptors (Lipinski definition) is 3. The van der Waals surface area contributed by atoms with Crippen LogP contribution >= 0.6 is 0 Å². The molecule has 0 radical (unpaired) electrons. The maximum Gasteiger partial charge on any atom is 0.303 e. The summed E-state index contributed by atoms with van der Waals surface area (Å²) in [6.45, 7) is 4.21. The second kappa shape index (κ2) is 18.7. The summed E-state index contributed by atoms with van der Waals surface area (Å²) in [5.41, 5.74) is 0. The average molecular weight is 345 g/mol. The molecule has 0 aromatic heterocycles. The van der Waals surface area contributed by atoms with Gasteiger partial charge in [-0.25, -0.2) is 0 Å². The van der Waals surface area contributed by atoms with E-state index in [9.17, 15) is 9.90 Å². The minimum absolute atomic E-state index is 0.0853. The highest BCUT2D eigenvalue weighted by Gasteiger charge is 2.03. The van der Waals surface area contributed by atoms with Crippen LogP contribution in [0.15, 0.2) is 0 Å². The lowest BCUT2D eigenvalue weighted by Crippen LogP contribution is -2.05.